The number of nitrogen functional groups attached to an aromatic ring is 2. The minimum Gasteiger partial charge on any atom is -0.480 e. The molecule has 0 spiro atoms. The summed E-state index contributed by atoms with van der Waals surface area (Å²) in [7, 11) is 0. The van der Waals surface area contributed by atoms with Crippen LogP contribution >= 0.6 is 0 Å². The van der Waals surface area contributed by atoms with Crippen LogP contribution in [0.15, 0.2) is 34.1 Å². The van der Waals surface area contributed by atoms with Crippen molar-refractivity contribution in [3.8, 4) is 0 Å². The Morgan fingerprint density at radius 2 is 1.97 bits per heavy atom. The lowest BCUT2D eigenvalue weighted by molar-refractivity contribution is -0.139. The maximum Gasteiger partial charge on any atom is 0.326 e. The molecule has 2 unspecified atom stereocenters. The van der Waals surface area contributed by atoms with Crippen LogP contribution in [0, 0.1) is 5.92 Å². The van der Waals surface area contributed by atoms with Gasteiger partial charge in [0.1, 0.15) is 18.0 Å². The summed E-state index contributed by atoms with van der Waals surface area (Å²) in [4.78, 5) is 56.0. The van der Waals surface area contributed by atoms with Gasteiger partial charge < -0.3 is 32.0 Å². The molecule has 8 N–H and O–H groups in total. The summed E-state index contributed by atoms with van der Waals surface area (Å²) in [6, 6.07) is 5.38. The number of anilines is 3. The summed E-state index contributed by atoms with van der Waals surface area (Å²) in [6.45, 7) is 2.48. The molecule has 2 aromatic rings. The quantitative estimate of drug-likeness (QED) is 0.198. The Kier molecular flexibility index (Phi) is 9.09. The van der Waals surface area contributed by atoms with Crippen molar-refractivity contribution in [2.45, 2.75) is 32.2 Å². The van der Waals surface area contributed by atoms with Crippen molar-refractivity contribution in [3.05, 3.63) is 40.2 Å². The fourth-order valence-corrected chi connectivity index (χ4v) is 2.79. The third kappa shape index (κ3) is 7.45. The number of rotatable bonds is 12. The maximum atomic E-state index is 12.3. The summed E-state index contributed by atoms with van der Waals surface area (Å²) >= 11 is 0. The van der Waals surface area contributed by atoms with Crippen LogP contribution in [0.3, 0.4) is 0 Å². The van der Waals surface area contributed by atoms with Gasteiger partial charge in [-0.1, -0.05) is 6.92 Å². The second-order valence-electron chi connectivity index (χ2n) is 7.20. The zero-order chi connectivity index (χ0) is 24.4. The molecule has 0 saturated heterocycles. The number of aliphatic carboxylic acids is 1. The highest BCUT2D eigenvalue weighted by Crippen LogP contribution is 2.16. The number of aliphatic imine (C=N–C) groups is 1. The molecule has 2 atom stereocenters. The van der Waals surface area contributed by atoms with Crippen LogP contribution in [0.25, 0.3) is 0 Å². The van der Waals surface area contributed by atoms with Gasteiger partial charge in [0.15, 0.2) is 5.82 Å². The molecule has 176 valence electrons. The number of amides is 1. The average molecular weight is 457 g/mol. The number of carboxylic acids is 1. The van der Waals surface area contributed by atoms with Crippen molar-refractivity contribution in [1.82, 2.24) is 15.3 Å². The Labute approximate surface area is 189 Å². The zero-order valence-corrected chi connectivity index (χ0v) is 18.1. The minimum absolute atomic E-state index is 0.0103. The van der Waals surface area contributed by atoms with E-state index in [1.165, 1.54) is 0 Å². The molecule has 0 fully saturated rings. The van der Waals surface area contributed by atoms with Crippen LogP contribution in [0.5, 0.6) is 0 Å². The lowest BCUT2D eigenvalue weighted by Gasteiger charge is -2.14. The van der Waals surface area contributed by atoms with Gasteiger partial charge in [-0.05, 0) is 37.1 Å². The lowest BCUT2D eigenvalue weighted by Crippen LogP contribution is -2.40. The standard InChI is InChI=1S/C21H27N7O5/c1-2-12(11-25-17-16(22)19(31)28-21(23)27-17)10-24-14-7-5-13(6-8-14)18(30)26-15(20(32)33)4-3-9-29/h5-9,11-12,15,24H,2-4,10,22H2,1H3,(H,26,30)(H,32,33)(H3,23,27,28,31). The number of carbonyl (C=O) groups excluding carboxylic acids is 2. The molecule has 0 saturated carbocycles. The molecule has 0 bridgehead atoms. The molecule has 1 heterocycles. The highest BCUT2D eigenvalue weighted by Gasteiger charge is 2.20. The highest BCUT2D eigenvalue weighted by molar-refractivity contribution is 5.96. The van der Waals surface area contributed by atoms with Crippen molar-refractivity contribution in [1.29, 1.82) is 0 Å². The molecule has 0 aliphatic carbocycles. The molecule has 1 amide bonds. The third-order valence-corrected chi connectivity index (χ3v) is 4.78. The average Bonchev–Trinajstić information content (AvgIpc) is 2.79. The number of benzene rings is 1. The van der Waals surface area contributed by atoms with Crippen LogP contribution in [0.2, 0.25) is 0 Å². The molecule has 1 aromatic heterocycles. The Bertz CT molecular complexity index is 1070. The fraction of sp³-hybridized carbons (Fsp3) is 0.333. The van der Waals surface area contributed by atoms with Gasteiger partial charge in [-0.25, -0.2) is 9.79 Å². The zero-order valence-electron chi connectivity index (χ0n) is 18.1. The normalized spacial score (nSPS) is 12.8. The van der Waals surface area contributed by atoms with Gasteiger partial charge in [0, 0.05) is 36.3 Å². The number of aromatic amines is 1. The van der Waals surface area contributed by atoms with Gasteiger partial charge in [0.05, 0.1) is 0 Å². The lowest BCUT2D eigenvalue weighted by atomic mass is 10.1. The molecule has 33 heavy (non-hydrogen) atoms. The van der Waals surface area contributed by atoms with Crippen LogP contribution < -0.4 is 27.7 Å². The molecular formula is C21H27N7O5. The Balaban J connectivity index is 1.97. The number of carbonyl (C=O) groups is 3. The van der Waals surface area contributed by atoms with Gasteiger partial charge >= 0.3 is 5.97 Å². The van der Waals surface area contributed by atoms with Crippen molar-refractivity contribution >= 4 is 47.5 Å². The summed E-state index contributed by atoms with van der Waals surface area (Å²) in [5.74, 6) is -1.77. The Morgan fingerprint density at radius 1 is 1.27 bits per heavy atom. The summed E-state index contributed by atoms with van der Waals surface area (Å²) in [6.07, 6.45) is 3.05. The first kappa shape index (κ1) is 25.0. The number of hydrogen-bond donors (Lipinski definition) is 6. The summed E-state index contributed by atoms with van der Waals surface area (Å²) < 4.78 is 0. The number of nitrogens with zero attached hydrogens (tertiary/aromatic N) is 2. The topological polar surface area (TPSA) is 206 Å². The van der Waals surface area contributed by atoms with Gasteiger partial charge in [-0.3, -0.25) is 14.6 Å². The Hall–Kier alpha value is -4.22. The van der Waals surface area contributed by atoms with Gasteiger partial charge in [-0.15, -0.1) is 0 Å². The molecule has 1 aromatic carbocycles. The van der Waals surface area contributed by atoms with E-state index in [1.54, 1.807) is 30.5 Å². The molecule has 0 aliphatic heterocycles. The number of H-pyrrole nitrogens is 1. The second-order valence-corrected chi connectivity index (χ2v) is 7.20. The monoisotopic (exact) mass is 457 g/mol. The van der Waals surface area contributed by atoms with Crippen LogP contribution in [-0.2, 0) is 9.59 Å². The second kappa shape index (κ2) is 12.0. The van der Waals surface area contributed by atoms with Crippen molar-refractivity contribution < 1.29 is 19.5 Å². The van der Waals surface area contributed by atoms with Gasteiger partial charge in [0.2, 0.25) is 5.95 Å². The van der Waals surface area contributed by atoms with Crippen LogP contribution in [-0.4, -0.2) is 52.0 Å². The first-order chi connectivity index (χ1) is 15.7. The van der Waals surface area contributed by atoms with Crippen molar-refractivity contribution in [2.24, 2.45) is 10.9 Å². The van der Waals surface area contributed by atoms with E-state index in [0.29, 0.717) is 18.4 Å². The van der Waals surface area contributed by atoms with Crippen LogP contribution in [0.4, 0.5) is 23.1 Å². The van der Waals surface area contributed by atoms with E-state index in [2.05, 4.69) is 25.6 Å². The predicted molar refractivity (Wildman–Crippen MR) is 125 cm³/mol. The van der Waals surface area contributed by atoms with Crippen molar-refractivity contribution in [3.63, 3.8) is 0 Å². The Morgan fingerprint density at radius 3 is 2.58 bits per heavy atom. The first-order valence-electron chi connectivity index (χ1n) is 10.3. The largest absolute Gasteiger partial charge is 0.480 e. The summed E-state index contributed by atoms with van der Waals surface area (Å²) in [5.41, 5.74) is 11.6. The number of aromatic nitrogens is 2. The first-order valence-corrected chi connectivity index (χ1v) is 10.3. The summed E-state index contributed by atoms with van der Waals surface area (Å²) in [5, 5.41) is 14.8. The number of hydrogen-bond acceptors (Lipinski definition) is 9. The van der Waals surface area contributed by atoms with E-state index in [1.807, 2.05) is 6.92 Å². The molecular weight excluding hydrogens is 430 g/mol. The third-order valence-electron chi connectivity index (χ3n) is 4.78. The molecule has 12 nitrogen and oxygen atoms in total. The number of aldehydes is 1. The van der Waals surface area contributed by atoms with E-state index in [9.17, 15) is 19.2 Å². The fourth-order valence-electron chi connectivity index (χ4n) is 2.79. The van der Waals surface area contributed by atoms with Gasteiger partial charge in [0.25, 0.3) is 11.5 Å². The number of nitrogens with two attached hydrogens (primary N) is 2. The maximum absolute atomic E-state index is 12.3. The van der Waals surface area contributed by atoms with E-state index in [0.717, 1.165) is 12.1 Å². The molecule has 2 rings (SSSR count). The van der Waals surface area contributed by atoms with E-state index >= 15 is 0 Å². The molecule has 0 radical (unpaired) electrons. The van der Waals surface area contributed by atoms with Crippen LogP contribution in [0.1, 0.15) is 36.5 Å². The van der Waals surface area contributed by atoms with Gasteiger partial charge in [-0.2, -0.15) is 4.98 Å². The highest BCUT2D eigenvalue weighted by atomic mass is 16.4. The van der Waals surface area contributed by atoms with Crippen molar-refractivity contribution in [2.75, 3.05) is 23.3 Å². The SMILES string of the molecule is CCC(C=Nc1nc(N)[nH]c(=O)c1N)CNc1ccc(C(=O)NC(CCC=O)C(=O)O)cc1. The smallest absolute Gasteiger partial charge is 0.326 e. The predicted octanol–water partition coefficient (Wildman–Crippen LogP) is 0.937. The van der Waals surface area contributed by atoms with E-state index in [-0.39, 0.29) is 36.2 Å². The minimum atomic E-state index is -1.20. The number of carboxylic acid groups (broad SMARTS) is 1. The molecule has 12 heteroatoms. The van der Waals surface area contributed by atoms with E-state index in [4.69, 9.17) is 16.6 Å². The number of nitrogens with one attached hydrogen (secondary N) is 3. The van der Waals surface area contributed by atoms with E-state index < -0.39 is 23.5 Å². The molecule has 0 aliphatic rings.